The lowest BCUT2D eigenvalue weighted by Crippen LogP contribution is -2.35. The lowest BCUT2D eigenvalue weighted by atomic mass is 10.1. The van der Waals surface area contributed by atoms with E-state index in [9.17, 15) is 4.79 Å². The topological polar surface area (TPSA) is 41.1 Å². The Bertz CT molecular complexity index is 710. The van der Waals surface area contributed by atoms with Crippen LogP contribution in [0.1, 0.15) is 22.3 Å². The average Bonchev–Trinajstić information content (AvgIpc) is 2.44. The van der Waals surface area contributed by atoms with Crippen molar-refractivity contribution in [2.45, 2.75) is 27.2 Å². The SMILES string of the molecule is Cc1ccc(NC(=S)NC(=O)Cc2ccccc2C)c(C)c1. The summed E-state index contributed by atoms with van der Waals surface area (Å²) >= 11 is 5.21. The molecule has 4 heteroatoms. The summed E-state index contributed by atoms with van der Waals surface area (Å²) in [6.07, 6.45) is 0.321. The van der Waals surface area contributed by atoms with E-state index in [2.05, 4.69) is 16.7 Å². The molecule has 1 amide bonds. The van der Waals surface area contributed by atoms with Gasteiger partial charge in [-0.25, -0.2) is 0 Å². The third-order valence-electron chi connectivity index (χ3n) is 3.50. The van der Waals surface area contributed by atoms with E-state index >= 15 is 0 Å². The third-order valence-corrected chi connectivity index (χ3v) is 3.70. The standard InChI is InChI=1S/C18H20N2OS/c1-12-8-9-16(14(3)10-12)19-18(22)20-17(21)11-15-7-5-4-6-13(15)2/h4-10H,11H2,1-3H3,(H2,19,20,21,22). The van der Waals surface area contributed by atoms with Gasteiger partial charge in [-0.15, -0.1) is 0 Å². The van der Waals surface area contributed by atoms with Crippen LogP contribution in [0, 0.1) is 20.8 Å². The number of amides is 1. The van der Waals surface area contributed by atoms with Crippen molar-refractivity contribution in [2.75, 3.05) is 5.32 Å². The Balaban J connectivity index is 1.94. The zero-order chi connectivity index (χ0) is 16.1. The van der Waals surface area contributed by atoms with Crippen LogP contribution in [0.25, 0.3) is 0 Å². The number of carbonyl (C=O) groups excluding carboxylic acids is 1. The first-order valence-corrected chi connectivity index (χ1v) is 7.59. The van der Waals surface area contributed by atoms with Crippen LogP contribution in [-0.2, 0) is 11.2 Å². The lowest BCUT2D eigenvalue weighted by Gasteiger charge is -2.12. The van der Waals surface area contributed by atoms with Crippen LogP contribution in [0.5, 0.6) is 0 Å². The van der Waals surface area contributed by atoms with Gasteiger partial charge in [0.15, 0.2) is 5.11 Å². The number of nitrogens with one attached hydrogen (secondary N) is 2. The second-order valence-electron chi connectivity index (χ2n) is 5.42. The fourth-order valence-electron chi connectivity index (χ4n) is 2.26. The molecule has 0 saturated carbocycles. The molecular weight excluding hydrogens is 292 g/mol. The highest BCUT2D eigenvalue weighted by Gasteiger charge is 2.08. The largest absolute Gasteiger partial charge is 0.332 e. The van der Waals surface area contributed by atoms with E-state index in [1.54, 1.807) is 0 Å². The first-order valence-electron chi connectivity index (χ1n) is 7.18. The first-order chi connectivity index (χ1) is 10.5. The van der Waals surface area contributed by atoms with Gasteiger partial charge in [0.25, 0.3) is 0 Å². The zero-order valence-electron chi connectivity index (χ0n) is 13.1. The van der Waals surface area contributed by atoms with Gasteiger partial charge < -0.3 is 10.6 Å². The Morgan fingerprint density at radius 3 is 2.45 bits per heavy atom. The van der Waals surface area contributed by atoms with E-state index < -0.39 is 0 Å². The fraction of sp³-hybridized carbons (Fsp3) is 0.222. The molecule has 0 aromatic heterocycles. The summed E-state index contributed by atoms with van der Waals surface area (Å²) in [5.74, 6) is -0.114. The molecule has 2 aromatic carbocycles. The highest BCUT2D eigenvalue weighted by molar-refractivity contribution is 7.80. The molecule has 0 aliphatic heterocycles. The minimum Gasteiger partial charge on any atom is -0.332 e. The van der Waals surface area contributed by atoms with Crippen molar-refractivity contribution in [3.63, 3.8) is 0 Å². The molecule has 2 aromatic rings. The molecule has 0 unspecified atom stereocenters. The molecule has 0 atom stereocenters. The minimum atomic E-state index is -0.114. The molecular formula is C18H20N2OS. The van der Waals surface area contributed by atoms with E-state index in [1.165, 1.54) is 5.56 Å². The summed E-state index contributed by atoms with van der Waals surface area (Å²) in [6.45, 7) is 6.04. The monoisotopic (exact) mass is 312 g/mol. The molecule has 0 radical (unpaired) electrons. The Morgan fingerprint density at radius 1 is 1.05 bits per heavy atom. The highest BCUT2D eigenvalue weighted by atomic mass is 32.1. The van der Waals surface area contributed by atoms with Gasteiger partial charge in [-0.1, -0.05) is 42.0 Å². The third kappa shape index (κ3) is 4.40. The smallest absolute Gasteiger partial charge is 0.230 e. The maximum absolute atomic E-state index is 12.1. The molecule has 2 N–H and O–H groups in total. The molecule has 0 spiro atoms. The van der Waals surface area contributed by atoms with Crippen molar-refractivity contribution in [1.82, 2.24) is 5.32 Å². The second kappa shape index (κ2) is 7.18. The predicted molar refractivity (Wildman–Crippen MR) is 95.2 cm³/mol. The molecule has 3 nitrogen and oxygen atoms in total. The van der Waals surface area contributed by atoms with E-state index in [-0.39, 0.29) is 5.91 Å². The summed E-state index contributed by atoms with van der Waals surface area (Å²) in [5, 5.41) is 6.12. The van der Waals surface area contributed by atoms with Crippen LogP contribution < -0.4 is 10.6 Å². The van der Waals surface area contributed by atoms with Crippen molar-refractivity contribution < 1.29 is 4.79 Å². The van der Waals surface area contributed by atoms with E-state index in [1.807, 2.05) is 57.2 Å². The van der Waals surface area contributed by atoms with Gasteiger partial charge in [0.05, 0.1) is 6.42 Å². The summed E-state index contributed by atoms with van der Waals surface area (Å²) in [6, 6.07) is 13.9. The number of benzene rings is 2. The van der Waals surface area contributed by atoms with Gasteiger partial charge >= 0.3 is 0 Å². The fourth-order valence-corrected chi connectivity index (χ4v) is 2.48. The number of carbonyl (C=O) groups is 1. The van der Waals surface area contributed by atoms with E-state index in [0.717, 1.165) is 22.4 Å². The van der Waals surface area contributed by atoms with Crippen LogP contribution in [0.15, 0.2) is 42.5 Å². The Labute approximate surface area is 136 Å². The van der Waals surface area contributed by atoms with Crippen LogP contribution in [-0.4, -0.2) is 11.0 Å². The number of aryl methyl sites for hydroxylation is 3. The molecule has 0 aliphatic carbocycles. The van der Waals surface area contributed by atoms with Crippen molar-refractivity contribution in [1.29, 1.82) is 0 Å². The van der Waals surface area contributed by atoms with E-state index in [0.29, 0.717) is 11.5 Å². The Morgan fingerprint density at radius 2 is 1.77 bits per heavy atom. The Hall–Kier alpha value is -2.20. The van der Waals surface area contributed by atoms with Gasteiger partial charge in [-0.05, 0) is 55.7 Å². The van der Waals surface area contributed by atoms with Gasteiger partial charge in [0, 0.05) is 5.69 Å². The molecule has 0 fully saturated rings. The summed E-state index contributed by atoms with van der Waals surface area (Å²) in [7, 11) is 0. The van der Waals surface area contributed by atoms with Crippen LogP contribution in [0.4, 0.5) is 5.69 Å². The summed E-state index contributed by atoms with van der Waals surface area (Å²) in [4.78, 5) is 12.1. The first kappa shape index (κ1) is 16.2. The van der Waals surface area contributed by atoms with Crippen molar-refractivity contribution in [2.24, 2.45) is 0 Å². The number of rotatable bonds is 3. The second-order valence-corrected chi connectivity index (χ2v) is 5.83. The van der Waals surface area contributed by atoms with Gasteiger partial charge in [0.1, 0.15) is 0 Å². The van der Waals surface area contributed by atoms with Gasteiger partial charge in [-0.3, -0.25) is 4.79 Å². The maximum Gasteiger partial charge on any atom is 0.230 e. The lowest BCUT2D eigenvalue weighted by molar-refractivity contribution is -0.119. The molecule has 22 heavy (non-hydrogen) atoms. The summed E-state index contributed by atoms with van der Waals surface area (Å²) in [5.41, 5.74) is 5.31. The number of thiocarbonyl (C=S) groups is 1. The molecule has 2 rings (SSSR count). The maximum atomic E-state index is 12.1. The minimum absolute atomic E-state index is 0.114. The number of anilines is 1. The molecule has 0 bridgehead atoms. The average molecular weight is 312 g/mol. The van der Waals surface area contributed by atoms with Crippen LogP contribution >= 0.6 is 12.2 Å². The van der Waals surface area contributed by atoms with E-state index in [4.69, 9.17) is 12.2 Å². The van der Waals surface area contributed by atoms with Crippen LogP contribution in [0.3, 0.4) is 0 Å². The van der Waals surface area contributed by atoms with Gasteiger partial charge in [-0.2, -0.15) is 0 Å². The highest BCUT2D eigenvalue weighted by Crippen LogP contribution is 2.15. The summed E-state index contributed by atoms with van der Waals surface area (Å²) < 4.78 is 0. The zero-order valence-corrected chi connectivity index (χ0v) is 13.9. The predicted octanol–water partition coefficient (Wildman–Crippen LogP) is 3.67. The number of hydrogen-bond donors (Lipinski definition) is 2. The molecule has 114 valence electrons. The number of hydrogen-bond acceptors (Lipinski definition) is 2. The van der Waals surface area contributed by atoms with Gasteiger partial charge in [0.2, 0.25) is 5.91 Å². The van der Waals surface area contributed by atoms with Crippen molar-refractivity contribution >= 4 is 28.9 Å². The van der Waals surface area contributed by atoms with Crippen molar-refractivity contribution in [3.8, 4) is 0 Å². The Kier molecular flexibility index (Phi) is 5.28. The molecule has 0 saturated heterocycles. The molecule has 0 aliphatic rings. The van der Waals surface area contributed by atoms with Crippen LogP contribution in [0.2, 0.25) is 0 Å². The quantitative estimate of drug-likeness (QED) is 0.850. The van der Waals surface area contributed by atoms with Crippen molar-refractivity contribution in [3.05, 3.63) is 64.7 Å². The normalized spacial score (nSPS) is 10.1. The molecule has 0 heterocycles.